The third kappa shape index (κ3) is 7.21. The molecule has 0 saturated heterocycles. The first-order valence-corrected chi connectivity index (χ1v) is 12.2. The number of rotatable bonds is 12. The second-order valence-electron chi connectivity index (χ2n) is 8.42. The summed E-state index contributed by atoms with van der Waals surface area (Å²) in [5, 5.41) is 0. The van der Waals surface area contributed by atoms with Gasteiger partial charge in [0.1, 0.15) is 11.9 Å². The summed E-state index contributed by atoms with van der Waals surface area (Å²) >= 11 is 0. The summed E-state index contributed by atoms with van der Waals surface area (Å²) in [6.45, 7) is 6.79. The minimum Gasteiger partial charge on any atom is -0.494 e. The number of ether oxygens (including phenoxy) is 2. The van der Waals surface area contributed by atoms with E-state index in [1.165, 1.54) is 30.4 Å². The summed E-state index contributed by atoms with van der Waals surface area (Å²) in [5.74, 6) is 0.775. The minimum atomic E-state index is -0.247. The van der Waals surface area contributed by atoms with Crippen LogP contribution in [-0.2, 0) is 9.53 Å². The highest BCUT2D eigenvalue weighted by Gasteiger charge is 2.13. The maximum atomic E-state index is 12.2. The average molecular weight is 445 g/mol. The summed E-state index contributed by atoms with van der Waals surface area (Å²) < 4.78 is 11.2. The topological polar surface area (TPSA) is 35.5 Å². The van der Waals surface area contributed by atoms with Crippen LogP contribution in [0.5, 0.6) is 5.75 Å². The summed E-state index contributed by atoms with van der Waals surface area (Å²) in [6, 6.07) is 25.0. The van der Waals surface area contributed by atoms with Crippen LogP contribution in [0.25, 0.3) is 22.3 Å². The van der Waals surface area contributed by atoms with E-state index in [1.54, 1.807) is 0 Å². The molecule has 0 N–H and O–H groups in total. The van der Waals surface area contributed by atoms with Gasteiger partial charge >= 0.3 is 5.97 Å². The van der Waals surface area contributed by atoms with Crippen molar-refractivity contribution >= 4 is 5.97 Å². The van der Waals surface area contributed by atoms with Crippen molar-refractivity contribution in [2.45, 2.75) is 65.4 Å². The van der Waals surface area contributed by atoms with Crippen LogP contribution in [0, 0.1) is 0 Å². The van der Waals surface area contributed by atoms with Gasteiger partial charge in [0.25, 0.3) is 0 Å². The van der Waals surface area contributed by atoms with Crippen LogP contribution in [0.2, 0.25) is 0 Å². The fourth-order valence-corrected chi connectivity index (χ4v) is 4.01. The zero-order valence-electron chi connectivity index (χ0n) is 20.2. The molecule has 3 aromatic rings. The van der Waals surface area contributed by atoms with Crippen molar-refractivity contribution in [3.63, 3.8) is 0 Å². The fourth-order valence-electron chi connectivity index (χ4n) is 4.01. The van der Waals surface area contributed by atoms with Gasteiger partial charge in [-0.15, -0.1) is 0 Å². The molecule has 3 heteroatoms. The largest absolute Gasteiger partial charge is 0.494 e. The Morgan fingerprint density at radius 1 is 0.758 bits per heavy atom. The van der Waals surface area contributed by atoms with Crippen molar-refractivity contribution in [3.05, 3.63) is 78.4 Å². The molecule has 0 bridgehead atoms. The van der Waals surface area contributed by atoms with Crippen molar-refractivity contribution < 1.29 is 14.3 Å². The Morgan fingerprint density at radius 3 is 1.91 bits per heavy atom. The van der Waals surface area contributed by atoms with Crippen LogP contribution >= 0.6 is 0 Å². The van der Waals surface area contributed by atoms with Crippen molar-refractivity contribution in [3.8, 4) is 28.0 Å². The van der Waals surface area contributed by atoms with E-state index < -0.39 is 0 Å². The van der Waals surface area contributed by atoms with E-state index in [-0.39, 0.29) is 12.1 Å². The number of hydrogen-bond acceptors (Lipinski definition) is 3. The average Bonchev–Trinajstić information content (AvgIpc) is 2.85. The first kappa shape index (κ1) is 24.6. The van der Waals surface area contributed by atoms with Gasteiger partial charge in [-0.05, 0) is 60.2 Å². The third-order valence-corrected chi connectivity index (χ3v) is 5.89. The summed E-state index contributed by atoms with van der Waals surface area (Å²) in [4.78, 5) is 12.2. The molecule has 3 rings (SSSR count). The maximum absolute atomic E-state index is 12.2. The van der Waals surface area contributed by atoms with E-state index in [2.05, 4.69) is 67.6 Å². The Morgan fingerprint density at radius 2 is 1.33 bits per heavy atom. The second-order valence-corrected chi connectivity index (χ2v) is 8.42. The molecule has 1 atom stereocenters. The van der Waals surface area contributed by atoms with Crippen molar-refractivity contribution in [2.24, 2.45) is 0 Å². The van der Waals surface area contributed by atoms with Crippen LogP contribution < -0.4 is 4.74 Å². The van der Waals surface area contributed by atoms with Gasteiger partial charge < -0.3 is 9.47 Å². The number of benzene rings is 3. The first-order valence-electron chi connectivity index (χ1n) is 12.2. The standard InChI is InChI=1S/C30H36O3/c1-4-6-7-8-9-14-30(31)33-23(3)24-15-17-25(18-16-24)28-12-10-11-13-29(28)26-19-21-27(22-20-26)32-5-2/h10-13,15-23H,4-9,14H2,1-3H3. The van der Waals surface area contributed by atoms with Gasteiger partial charge in [-0.3, -0.25) is 4.79 Å². The molecule has 0 aromatic heterocycles. The number of carbonyl (C=O) groups is 1. The number of carbonyl (C=O) groups excluding carboxylic acids is 1. The lowest BCUT2D eigenvalue weighted by Gasteiger charge is -2.15. The lowest BCUT2D eigenvalue weighted by atomic mass is 9.94. The molecule has 0 saturated carbocycles. The molecule has 0 amide bonds. The molecule has 0 fully saturated rings. The fraction of sp³-hybridized carbons (Fsp3) is 0.367. The smallest absolute Gasteiger partial charge is 0.306 e. The van der Waals surface area contributed by atoms with Gasteiger partial charge in [0, 0.05) is 6.42 Å². The Hall–Kier alpha value is -3.07. The zero-order valence-corrected chi connectivity index (χ0v) is 20.2. The lowest BCUT2D eigenvalue weighted by molar-refractivity contribution is -0.148. The molecule has 0 aliphatic carbocycles. The number of unbranched alkanes of at least 4 members (excludes halogenated alkanes) is 4. The zero-order chi connectivity index (χ0) is 23.5. The molecule has 0 aliphatic heterocycles. The predicted molar refractivity (Wildman–Crippen MR) is 136 cm³/mol. The van der Waals surface area contributed by atoms with E-state index in [9.17, 15) is 4.79 Å². The Labute approximate surface area is 198 Å². The van der Waals surface area contributed by atoms with E-state index >= 15 is 0 Å². The van der Waals surface area contributed by atoms with Gasteiger partial charge in [0.05, 0.1) is 6.61 Å². The highest BCUT2D eigenvalue weighted by atomic mass is 16.5. The summed E-state index contributed by atoms with van der Waals surface area (Å²) in [6.07, 6.45) is 5.90. The van der Waals surface area contributed by atoms with E-state index in [0.717, 1.165) is 35.3 Å². The number of hydrogen-bond donors (Lipinski definition) is 0. The summed E-state index contributed by atoms with van der Waals surface area (Å²) in [5.41, 5.74) is 5.65. The van der Waals surface area contributed by atoms with Crippen molar-refractivity contribution in [2.75, 3.05) is 6.61 Å². The molecule has 33 heavy (non-hydrogen) atoms. The van der Waals surface area contributed by atoms with E-state index in [1.807, 2.05) is 26.0 Å². The van der Waals surface area contributed by atoms with E-state index in [0.29, 0.717) is 13.0 Å². The van der Waals surface area contributed by atoms with Gasteiger partial charge in [0.2, 0.25) is 0 Å². The Bertz CT molecular complexity index is 990. The van der Waals surface area contributed by atoms with Crippen LogP contribution in [0.15, 0.2) is 72.8 Å². The number of esters is 1. The van der Waals surface area contributed by atoms with Crippen LogP contribution in [0.1, 0.15) is 71.0 Å². The normalized spacial score (nSPS) is 11.7. The van der Waals surface area contributed by atoms with Gasteiger partial charge in [-0.25, -0.2) is 0 Å². The lowest BCUT2D eigenvalue weighted by Crippen LogP contribution is -2.08. The summed E-state index contributed by atoms with van der Waals surface area (Å²) in [7, 11) is 0. The molecule has 3 aromatic carbocycles. The van der Waals surface area contributed by atoms with Crippen LogP contribution in [0.3, 0.4) is 0 Å². The monoisotopic (exact) mass is 444 g/mol. The molecular weight excluding hydrogens is 408 g/mol. The SMILES string of the molecule is CCCCCCCC(=O)OC(C)c1ccc(-c2ccccc2-c2ccc(OCC)cc2)cc1. The Kier molecular flexibility index (Phi) is 9.56. The van der Waals surface area contributed by atoms with Crippen molar-refractivity contribution in [1.29, 1.82) is 0 Å². The Balaban J connectivity index is 1.66. The molecule has 174 valence electrons. The highest BCUT2D eigenvalue weighted by Crippen LogP contribution is 2.33. The van der Waals surface area contributed by atoms with Gasteiger partial charge in [0.15, 0.2) is 0 Å². The molecule has 0 heterocycles. The molecule has 3 nitrogen and oxygen atoms in total. The predicted octanol–water partition coefficient (Wildman–Crippen LogP) is 8.38. The van der Waals surface area contributed by atoms with Gasteiger partial charge in [-0.2, -0.15) is 0 Å². The highest BCUT2D eigenvalue weighted by molar-refractivity contribution is 5.83. The molecule has 0 spiro atoms. The first-order chi connectivity index (χ1) is 16.1. The van der Waals surface area contributed by atoms with Gasteiger partial charge in [-0.1, -0.05) is 93.3 Å². The van der Waals surface area contributed by atoms with Crippen molar-refractivity contribution in [1.82, 2.24) is 0 Å². The molecule has 0 radical (unpaired) electrons. The van der Waals surface area contributed by atoms with Crippen LogP contribution in [0.4, 0.5) is 0 Å². The molecule has 1 unspecified atom stereocenters. The maximum Gasteiger partial charge on any atom is 0.306 e. The van der Waals surface area contributed by atoms with E-state index in [4.69, 9.17) is 9.47 Å². The second kappa shape index (κ2) is 12.8. The molecule has 0 aliphatic rings. The van der Waals surface area contributed by atoms with Crippen LogP contribution in [-0.4, -0.2) is 12.6 Å². The third-order valence-electron chi connectivity index (χ3n) is 5.89. The quantitative estimate of drug-likeness (QED) is 0.208. The minimum absolute atomic E-state index is 0.107. The molecular formula is C30H36O3.